The van der Waals surface area contributed by atoms with E-state index in [9.17, 15) is 9.59 Å². The van der Waals surface area contributed by atoms with Crippen molar-refractivity contribution in [3.05, 3.63) is 118 Å². The average molecular weight is 434 g/mol. The van der Waals surface area contributed by atoms with E-state index in [1.54, 1.807) is 38.3 Å². The first-order chi connectivity index (χ1) is 16.0. The topological polar surface area (TPSA) is 48.3 Å². The molecule has 0 unspecified atom stereocenters. The SMILES string of the molecule is COc1ccc(-n2c(C#Cc3ccccc3)c(C(C)=O)c(-c3ccccc3)c(C)c2=O)cc1. The molecule has 0 fully saturated rings. The van der Waals surface area contributed by atoms with Gasteiger partial charge in [0.25, 0.3) is 5.56 Å². The predicted octanol–water partition coefficient (Wildman–Crippen LogP) is 5.42. The summed E-state index contributed by atoms with van der Waals surface area (Å²) in [5.74, 6) is 6.79. The highest BCUT2D eigenvalue weighted by molar-refractivity contribution is 6.03. The van der Waals surface area contributed by atoms with Crippen LogP contribution in [0.4, 0.5) is 0 Å². The maximum absolute atomic E-state index is 13.7. The van der Waals surface area contributed by atoms with Gasteiger partial charge in [-0.15, -0.1) is 0 Å². The number of methoxy groups -OCH3 is 1. The summed E-state index contributed by atoms with van der Waals surface area (Å²) < 4.78 is 6.79. The Labute approximate surface area is 193 Å². The van der Waals surface area contributed by atoms with Crippen LogP contribution in [0.3, 0.4) is 0 Å². The number of ketones is 1. The van der Waals surface area contributed by atoms with Crippen LogP contribution in [0.25, 0.3) is 16.8 Å². The van der Waals surface area contributed by atoms with Gasteiger partial charge in [-0.2, -0.15) is 0 Å². The van der Waals surface area contributed by atoms with Gasteiger partial charge in [0, 0.05) is 16.7 Å². The molecule has 0 aliphatic rings. The van der Waals surface area contributed by atoms with Crippen LogP contribution in [0.2, 0.25) is 0 Å². The van der Waals surface area contributed by atoms with Crippen molar-refractivity contribution in [1.29, 1.82) is 0 Å². The summed E-state index contributed by atoms with van der Waals surface area (Å²) in [6.45, 7) is 3.27. The van der Waals surface area contributed by atoms with Crippen molar-refractivity contribution in [2.45, 2.75) is 13.8 Å². The molecule has 0 N–H and O–H groups in total. The number of ether oxygens (including phenoxy) is 1. The van der Waals surface area contributed by atoms with E-state index >= 15 is 0 Å². The average Bonchev–Trinajstić information content (AvgIpc) is 2.85. The number of benzene rings is 3. The second-order valence-electron chi connectivity index (χ2n) is 7.60. The molecule has 0 saturated carbocycles. The quantitative estimate of drug-likeness (QED) is 0.319. The number of hydrogen-bond acceptors (Lipinski definition) is 3. The zero-order valence-corrected chi connectivity index (χ0v) is 18.8. The van der Waals surface area contributed by atoms with Crippen LogP contribution in [-0.2, 0) is 0 Å². The molecule has 1 heterocycles. The van der Waals surface area contributed by atoms with E-state index in [0.717, 1.165) is 11.1 Å². The molecule has 0 amide bonds. The zero-order chi connectivity index (χ0) is 23.4. The lowest BCUT2D eigenvalue weighted by Crippen LogP contribution is -2.27. The second kappa shape index (κ2) is 9.42. The van der Waals surface area contributed by atoms with Gasteiger partial charge in [-0.1, -0.05) is 54.5 Å². The first kappa shape index (κ1) is 21.9. The van der Waals surface area contributed by atoms with E-state index in [1.807, 2.05) is 60.7 Å². The predicted molar refractivity (Wildman–Crippen MR) is 131 cm³/mol. The van der Waals surface area contributed by atoms with Gasteiger partial charge in [0.2, 0.25) is 0 Å². The highest BCUT2D eigenvalue weighted by Crippen LogP contribution is 2.30. The van der Waals surface area contributed by atoms with Gasteiger partial charge < -0.3 is 4.74 Å². The Balaban J connectivity index is 2.11. The number of pyridine rings is 1. The van der Waals surface area contributed by atoms with E-state index in [-0.39, 0.29) is 11.3 Å². The van der Waals surface area contributed by atoms with Gasteiger partial charge in [-0.25, -0.2) is 0 Å². The molecule has 33 heavy (non-hydrogen) atoms. The first-order valence-corrected chi connectivity index (χ1v) is 10.6. The van der Waals surface area contributed by atoms with Crippen LogP contribution in [0, 0.1) is 18.8 Å². The Kier molecular flexibility index (Phi) is 6.24. The standard InChI is InChI=1S/C29H23NO3/c1-20-27(23-12-8-5-9-13-23)28(21(2)31)26(19-14-22-10-6-4-7-11-22)30(29(20)32)24-15-17-25(33-3)18-16-24/h4-13,15-18H,1-3H3. The molecular weight excluding hydrogens is 410 g/mol. The molecule has 3 aromatic carbocycles. The Hall–Kier alpha value is -4.36. The molecular formula is C29H23NO3. The Morgan fingerprint density at radius 3 is 2.03 bits per heavy atom. The van der Waals surface area contributed by atoms with Gasteiger partial charge in [0.15, 0.2) is 5.78 Å². The monoisotopic (exact) mass is 433 g/mol. The Morgan fingerprint density at radius 1 is 0.848 bits per heavy atom. The summed E-state index contributed by atoms with van der Waals surface area (Å²) in [4.78, 5) is 26.7. The van der Waals surface area contributed by atoms with Crippen LogP contribution < -0.4 is 10.3 Å². The molecule has 4 heteroatoms. The smallest absolute Gasteiger partial charge is 0.259 e. The maximum atomic E-state index is 13.7. The van der Waals surface area contributed by atoms with Crippen molar-refractivity contribution < 1.29 is 9.53 Å². The third kappa shape index (κ3) is 4.35. The molecule has 1 aromatic heterocycles. The lowest BCUT2D eigenvalue weighted by molar-refractivity contribution is 0.101. The van der Waals surface area contributed by atoms with E-state index in [1.165, 1.54) is 11.5 Å². The Morgan fingerprint density at radius 2 is 1.45 bits per heavy atom. The van der Waals surface area contributed by atoms with Gasteiger partial charge in [-0.3, -0.25) is 14.2 Å². The van der Waals surface area contributed by atoms with Crippen molar-refractivity contribution in [2.75, 3.05) is 7.11 Å². The minimum absolute atomic E-state index is 0.156. The number of carbonyl (C=O) groups excluding carboxylic acids is 1. The van der Waals surface area contributed by atoms with Crippen molar-refractivity contribution >= 4 is 5.78 Å². The van der Waals surface area contributed by atoms with Crippen LogP contribution in [0.5, 0.6) is 5.75 Å². The van der Waals surface area contributed by atoms with E-state index in [4.69, 9.17) is 4.74 Å². The minimum atomic E-state index is -0.221. The first-order valence-electron chi connectivity index (χ1n) is 10.6. The van der Waals surface area contributed by atoms with Crippen molar-refractivity contribution in [1.82, 2.24) is 4.57 Å². The largest absolute Gasteiger partial charge is 0.497 e. The number of rotatable bonds is 4. The van der Waals surface area contributed by atoms with Crippen molar-refractivity contribution in [2.24, 2.45) is 0 Å². The second-order valence-corrected chi connectivity index (χ2v) is 7.60. The van der Waals surface area contributed by atoms with Crippen LogP contribution in [0.1, 0.15) is 34.1 Å². The number of carbonyl (C=O) groups is 1. The normalized spacial score (nSPS) is 10.3. The molecule has 162 valence electrons. The fourth-order valence-electron chi connectivity index (χ4n) is 3.85. The molecule has 0 bridgehead atoms. The van der Waals surface area contributed by atoms with Crippen LogP contribution in [0.15, 0.2) is 89.7 Å². The summed E-state index contributed by atoms with van der Waals surface area (Å²) in [7, 11) is 1.59. The summed E-state index contributed by atoms with van der Waals surface area (Å²) in [5.41, 5.74) is 3.90. The molecule has 0 radical (unpaired) electrons. The fourth-order valence-corrected chi connectivity index (χ4v) is 3.85. The molecule has 0 aliphatic carbocycles. The van der Waals surface area contributed by atoms with Gasteiger partial charge in [0.05, 0.1) is 18.4 Å². The van der Waals surface area contributed by atoms with Crippen molar-refractivity contribution in [3.63, 3.8) is 0 Å². The van der Waals surface area contributed by atoms with Gasteiger partial charge in [0.1, 0.15) is 11.4 Å². The molecule has 4 nitrogen and oxygen atoms in total. The van der Waals surface area contributed by atoms with Crippen molar-refractivity contribution in [3.8, 4) is 34.4 Å². The van der Waals surface area contributed by atoms with Crippen LogP contribution >= 0.6 is 0 Å². The highest BCUT2D eigenvalue weighted by atomic mass is 16.5. The van der Waals surface area contributed by atoms with E-state index < -0.39 is 0 Å². The summed E-state index contributed by atoms with van der Waals surface area (Å²) in [6, 6.07) is 26.1. The molecule has 0 atom stereocenters. The molecule has 0 aliphatic heterocycles. The highest BCUT2D eigenvalue weighted by Gasteiger charge is 2.23. The third-order valence-corrected chi connectivity index (χ3v) is 5.45. The number of Topliss-reactive ketones (excluding diaryl/α,β-unsaturated/α-hetero) is 1. The Bertz CT molecular complexity index is 1420. The van der Waals surface area contributed by atoms with Gasteiger partial charge in [-0.05, 0) is 61.7 Å². The molecule has 4 aromatic rings. The number of nitrogens with zero attached hydrogens (tertiary/aromatic N) is 1. The molecule has 0 spiro atoms. The van der Waals surface area contributed by atoms with E-state index in [0.29, 0.717) is 33.8 Å². The molecule has 0 saturated heterocycles. The summed E-state index contributed by atoms with van der Waals surface area (Å²) in [6.07, 6.45) is 0. The third-order valence-electron chi connectivity index (χ3n) is 5.45. The number of aromatic nitrogens is 1. The maximum Gasteiger partial charge on any atom is 0.259 e. The fraction of sp³-hybridized carbons (Fsp3) is 0.103. The molecule has 4 rings (SSSR count). The minimum Gasteiger partial charge on any atom is -0.497 e. The summed E-state index contributed by atoms with van der Waals surface area (Å²) >= 11 is 0. The van der Waals surface area contributed by atoms with Gasteiger partial charge >= 0.3 is 0 Å². The van der Waals surface area contributed by atoms with Crippen LogP contribution in [-0.4, -0.2) is 17.5 Å². The zero-order valence-electron chi connectivity index (χ0n) is 18.8. The lowest BCUT2D eigenvalue weighted by Gasteiger charge is -2.19. The number of hydrogen-bond donors (Lipinski definition) is 0. The van der Waals surface area contributed by atoms with E-state index in [2.05, 4.69) is 11.8 Å². The summed E-state index contributed by atoms with van der Waals surface area (Å²) in [5, 5.41) is 0. The lowest BCUT2D eigenvalue weighted by atomic mass is 9.92.